The van der Waals surface area contributed by atoms with Crippen LogP contribution in [-0.4, -0.2) is 88.2 Å². The molecule has 2 aromatic carbocycles. The summed E-state index contributed by atoms with van der Waals surface area (Å²) in [5.41, 5.74) is 4.91. The van der Waals surface area contributed by atoms with Gasteiger partial charge in [0.2, 0.25) is 0 Å². The van der Waals surface area contributed by atoms with Crippen LogP contribution in [-0.2, 0) is 49.4 Å². The predicted molar refractivity (Wildman–Crippen MR) is 167 cm³/mol. The number of rotatable bonds is 19. The minimum Gasteiger partial charge on any atom is -0.488 e. The molecule has 0 bridgehead atoms. The maximum Gasteiger partial charge on any atom is 0.343 e. The number of carboxylic acids is 1. The minimum atomic E-state index is -0.999. The standard InChI is InChI=1S/C35H46O10/c1-25-21-26(2)31(27(3)22-25)32-33(44-23-28-7-5-4-6-8-28)35(45-34(32)38)11-9-29(10-12-35)43-20-19-41-16-15-39-13-14-40-17-18-42-24-30(36)37/h4-8,21-22,29H,9-20,23-24H2,1-3H3,(H,36,37)/t29-,35+. The van der Waals surface area contributed by atoms with Crippen LogP contribution in [0.5, 0.6) is 0 Å². The van der Waals surface area contributed by atoms with E-state index in [4.69, 9.17) is 38.3 Å². The Balaban J connectivity index is 1.23. The zero-order valence-corrected chi connectivity index (χ0v) is 26.6. The highest BCUT2D eigenvalue weighted by atomic mass is 16.6. The SMILES string of the molecule is Cc1cc(C)c(C2=C(OCc3ccccc3)[C@]3(CC[C@H](OCCOCCOCCOCCOCC(=O)O)CC3)OC2=O)c(C)c1. The summed E-state index contributed by atoms with van der Waals surface area (Å²) in [6, 6.07) is 14.2. The van der Waals surface area contributed by atoms with E-state index in [1.165, 1.54) is 0 Å². The molecule has 0 amide bonds. The van der Waals surface area contributed by atoms with Gasteiger partial charge < -0.3 is 38.3 Å². The molecular formula is C35H46O10. The molecule has 1 saturated carbocycles. The molecule has 45 heavy (non-hydrogen) atoms. The lowest BCUT2D eigenvalue weighted by Crippen LogP contribution is -2.40. The van der Waals surface area contributed by atoms with Gasteiger partial charge in [-0.2, -0.15) is 0 Å². The number of carboxylic acid groups (broad SMARTS) is 1. The Bertz CT molecular complexity index is 1260. The molecule has 246 valence electrons. The molecule has 1 heterocycles. The lowest BCUT2D eigenvalue weighted by atomic mass is 9.80. The highest BCUT2D eigenvalue weighted by molar-refractivity contribution is 6.20. The van der Waals surface area contributed by atoms with Gasteiger partial charge in [-0.05, 0) is 68.7 Å². The van der Waals surface area contributed by atoms with Gasteiger partial charge in [-0.3, -0.25) is 0 Å². The summed E-state index contributed by atoms with van der Waals surface area (Å²) in [7, 11) is 0. The zero-order valence-electron chi connectivity index (χ0n) is 26.6. The first-order valence-corrected chi connectivity index (χ1v) is 15.7. The second-order valence-corrected chi connectivity index (χ2v) is 11.5. The first-order valence-electron chi connectivity index (χ1n) is 15.7. The van der Waals surface area contributed by atoms with Crippen molar-refractivity contribution >= 4 is 17.5 Å². The van der Waals surface area contributed by atoms with Gasteiger partial charge in [-0.1, -0.05) is 48.0 Å². The topological polar surface area (TPSA) is 119 Å². The number of esters is 1. The largest absolute Gasteiger partial charge is 0.488 e. The molecule has 10 heteroatoms. The number of ether oxygens (including phenoxy) is 7. The third-order valence-corrected chi connectivity index (χ3v) is 7.95. The summed E-state index contributed by atoms with van der Waals surface area (Å²) < 4.78 is 40.1. The molecule has 2 aliphatic rings. The summed E-state index contributed by atoms with van der Waals surface area (Å²) in [4.78, 5) is 23.9. The average molecular weight is 627 g/mol. The normalized spacial score (nSPS) is 19.7. The van der Waals surface area contributed by atoms with Crippen LogP contribution in [0.3, 0.4) is 0 Å². The van der Waals surface area contributed by atoms with E-state index in [0.717, 1.165) is 40.7 Å². The monoisotopic (exact) mass is 626 g/mol. The molecule has 0 unspecified atom stereocenters. The van der Waals surface area contributed by atoms with Gasteiger partial charge in [0.25, 0.3) is 0 Å². The highest BCUT2D eigenvalue weighted by Crippen LogP contribution is 2.48. The van der Waals surface area contributed by atoms with Crippen molar-refractivity contribution in [3.05, 3.63) is 76.0 Å². The maximum atomic E-state index is 13.5. The van der Waals surface area contributed by atoms with E-state index in [9.17, 15) is 9.59 Å². The Morgan fingerprint density at radius 1 is 0.844 bits per heavy atom. The van der Waals surface area contributed by atoms with Gasteiger partial charge >= 0.3 is 11.9 Å². The van der Waals surface area contributed by atoms with E-state index in [1.54, 1.807) is 0 Å². The van der Waals surface area contributed by atoms with Gasteiger partial charge in [0.05, 0.1) is 59.0 Å². The van der Waals surface area contributed by atoms with Crippen LogP contribution in [0.1, 0.15) is 53.5 Å². The summed E-state index contributed by atoms with van der Waals surface area (Å²) in [6.07, 6.45) is 2.80. The van der Waals surface area contributed by atoms with Crippen molar-refractivity contribution in [3.63, 3.8) is 0 Å². The van der Waals surface area contributed by atoms with Crippen molar-refractivity contribution < 1.29 is 47.9 Å². The lowest BCUT2D eigenvalue weighted by molar-refractivity contribution is -0.154. The quantitative estimate of drug-likeness (QED) is 0.170. The molecule has 1 aliphatic heterocycles. The smallest absolute Gasteiger partial charge is 0.343 e. The van der Waals surface area contributed by atoms with E-state index in [0.29, 0.717) is 77.0 Å². The Labute approximate surface area is 265 Å². The summed E-state index contributed by atoms with van der Waals surface area (Å²) in [5.74, 6) is -0.675. The zero-order chi connectivity index (χ0) is 32.1. The predicted octanol–water partition coefficient (Wildman–Crippen LogP) is 4.95. The first kappa shape index (κ1) is 34.6. The van der Waals surface area contributed by atoms with E-state index >= 15 is 0 Å². The third-order valence-electron chi connectivity index (χ3n) is 7.95. The van der Waals surface area contributed by atoms with E-state index < -0.39 is 11.6 Å². The summed E-state index contributed by atoms with van der Waals surface area (Å²) in [5, 5.41) is 8.50. The molecule has 1 N–H and O–H groups in total. The summed E-state index contributed by atoms with van der Waals surface area (Å²) in [6.45, 7) is 9.36. The van der Waals surface area contributed by atoms with Crippen LogP contribution in [0.25, 0.3) is 5.57 Å². The number of benzene rings is 2. The van der Waals surface area contributed by atoms with E-state index in [-0.39, 0.29) is 25.3 Å². The fourth-order valence-corrected chi connectivity index (χ4v) is 5.97. The Morgan fingerprint density at radius 2 is 1.40 bits per heavy atom. The molecule has 1 aliphatic carbocycles. The van der Waals surface area contributed by atoms with Crippen LogP contribution in [0.15, 0.2) is 48.2 Å². The molecular weight excluding hydrogens is 580 g/mol. The molecule has 1 fully saturated rings. The van der Waals surface area contributed by atoms with Crippen LogP contribution in [0.2, 0.25) is 0 Å². The van der Waals surface area contributed by atoms with Crippen molar-refractivity contribution in [3.8, 4) is 0 Å². The van der Waals surface area contributed by atoms with Crippen molar-refractivity contribution in [2.24, 2.45) is 0 Å². The Hall–Kier alpha value is -3.28. The van der Waals surface area contributed by atoms with Crippen molar-refractivity contribution in [2.45, 2.75) is 64.8 Å². The highest BCUT2D eigenvalue weighted by Gasteiger charge is 2.52. The van der Waals surface area contributed by atoms with Crippen LogP contribution in [0.4, 0.5) is 0 Å². The maximum absolute atomic E-state index is 13.5. The van der Waals surface area contributed by atoms with Crippen LogP contribution < -0.4 is 0 Å². The fraction of sp³-hybridized carbons (Fsp3) is 0.543. The third kappa shape index (κ3) is 10.1. The van der Waals surface area contributed by atoms with Crippen molar-refractivity contribution in [2.75, 3.05) is 59.5 Å². The molecule has 0 radical (unpaired) electrons. The number of aliphatic carboxylic acids is 1. The average Bonchev–Trinajstić information content (AvgIpc) is 3.26. The van der Waals surface area contributed by atoms with Gasteiger partial charge in [0.15, 0.2) is 11.4 Å². The van der Waals surface area contributed by atoms with Crippen molar-refractivity contribution in [1.82, 2.24) is 0 Å². The summed E-state index contributed by atoms with van der Waals surface area (Å²) >= 11 is 0. The van der Waals surface area contributed by atoms with Crippen molar-refractivity contribution in [1.29, 1.82) is 0 Å². The van der Waals surface area contributed by atoms with Gasteiger partial charge in [0, 0.05) is 0 Å². The van der Waals surface area contributed by atoms with E-state index in [1.807, 2.05) is 44.2 Å². The van der Waals surface area contributed by atoms with Crippen LogP contribution in [0, 0.1) is 20.8 Å². The molecule has 0 atom stereocenters. The molecule has 0 saturated heterocycles. The van der Waals surface area contributed by atoms with Gasteiger partial charge in [0.1, 0.15) is 18.8 Å². The Kier molecular flexibility index (Phi) is 13.4. The minimum absolute atomic E-state index is 0.0491. The fourth-order valence-electron chi connectivity index (χ4n) is 5.97. The molecule has 4 rings (SSSR count). The van der Waals surface area contributed by atoms with Gasteiger partial charge in [-0.25, -0.2) is 9.59 Å². The number of aryl methyl sites for hydroxylation is 3. The number of hydrogen-bond acceptors (Lipinski definition) is 9. The van der Waals surface area contributed by atoms with Crippen LogP contribution >= 0.6 is 0 Å². The molecule has 0 aromatic heterocycles. The van der Waals surface area contributed by atoms with E-state index in [2.05, 4.69) is 19.1 Å². The first-order chi connectivity index (χ1) is 21.8. The Morgan fingerprint density at radius 3 is 1.98 bits per heavy atom. The second-order valence-electron chi connectivity index (χ2n) is 11.5. The number of hydrogen-bond donors (Lipinski definition) is 1. The number of carbonyl (C=O) groups is 2. The molecule has 2 aromatic rings. The number of carbonyl (C=O) groups excluding carboxylic acids is 1. The second kappa shape index (κ2) is 17.4. The molecule has 1 spiro atoms. The van der Waals surface area contributed by atoms with Gasteiger partial charge in [-0.15, -0.1) is 0 Å². The molecule has 10 nitrogen and oxygen atoms in total. The lowest BCUT2D eigenvalue weighted by Gasteiger charge is -2.37.